The second kappa shape index (κ2) is 10.2. The molecule has 10 heteroatoms. The molecule has 1 aliphatic carbocycles. The van der Waals surface area contributed by atoms with Gasteiger partial charge in [-0.1, -0.05) is 12.1 Å². The number of halogens is 3. The molecule has 0 spiro atoms. The van der Waals surface area contributed by atoms with E-state index in [1.165, 1.54) is 37.1 Å². The predicted octanol–water partition coefficient (Wildman–Crippen LogP) is 5.83. The third-order valence-corrected chi connectivity index (χ3v) is 7.40. The van der Waals surface area contributed by atoms with Gasteiger partial charge in [0, 0.05) is 29.7 Å². The molecule has 6 rings (SSSR count). The number of alkyl halides is 3. The SMILES string of the molecule is FC(F)(F)c1nc(Nc2ccc3c(c2)CCC(N2CCCC2)CC3)n(-c2cccc(-c3ccncc3)n2)n1. The lowest BCUT2D eigenvalue weighted by Gasteiger charge is -2.25. The maximum atomic E-state index is 13.6. The highest BCUT2D eigenvalue weighted by Gasteiger charge is 2.37. The minimum atomic E-state index is -4.69. The van der Waals surface area contributed by atoms with Crippen LogP contribution in [0.2, 0.25) is 0 Å². The van der Waals surface area contributed by atoms with Gasteiger partial charge in [0.1, 0.15) is 0 Å². The zero-order valence-electron chi connectivity index (χ0n) is 20.8. The minimum absolute atomic E-state index is 0.0415. The lowest BCUT2D eigenvalue weighted by molar-refractivity contribution is -0.144. The molecule has 0 bridgehead atoms. The van der Waals surface area contributed by atoms with Crippen molar-refractivity contribution in [2.75, 3.05) is 18.4 Å². The van der Waals surface area contributed by atoms with Gasteiger partial charge in [0.15, 0.2) is 5.82 Å². The molecule has 4 aromatic rings. The van der Waals surface area contributed by atoms with Gasteiger partial charge < -0.3 is 10.2 Å². The van der Waals surface area contributed by atoms with Gasteiger partial charge in [-0.05, 0) is 99.1 Å². The second-order valence-corrected chi connectivity index (χ2v) is 9.87. The summed E-state index contributed by atoms with van der Waals surface area (Å²) >= 11 is 0. The first-order valence-corrected chi connectivity index (χ1v) is 13.0. The van der Waals surface area contributed by atoms with Crippen LogP contribution in [0.15, 0.2) is 60.9 Å². The van der Waals surface area contributed by atoms with Crippen LogP contribution in [-0.2, 0) is 19.0 Å². The van der Waals surface area contributed by atoms with E-state index < -0.39 is 12.0 Å². The molecule has 1 unspecified atom stereocenters. The molecule has 0 radical (unpaired) electrons. The zero-order valence-corrected chi connectivity index (χ0v) is 20.8. The Hall–Kier alpha value is -3.79. The Bertz CT molecular complexity index is 1410. The molecular formula is C28H28F3N7. The number of rotatable bonds is 5. The van der Waals surface area contributed by atoms with Crippen molar-refractivity contribution in [1.82, 2.24) is 29.6 Å². The van der Waals surface area contributed by atoms with Crippen LogP contribution in [-0.4, -0.2) is 48.8 Å². The minimum Gasteiger partial charge on any atom is -0.324 e. The Balaban J connectivity index is 1.30. The van der Waals surface area contributed by atoms with Crippen LogP contribution in [0, 0.1) is 0 Å². The number of pyridine rings is 2. The van der Waals surface area contributed by atoms with E-state index in [0.29, 0.717) is 17.4 Å². The van der Waals surface area contributed by atoms with Crippen molar-refractivity contribution < 1.29 is 13.2 Å². The Morgan fingerprint density at radius 2 is 1.63 bits per heavy atom. The Morgan fingerprint density at radius 3 is 2.39 bits per heavy atom. The van der Waals surface area contributed by atoms with Crippen LogP contribution >= 0.6 is 0 Å². The van der Waals surface area contributed by atoms with Crippen molar-refractivity contribution >= 4 is 11.6 Å². The summed E-state index contributed by atoms with van der Waals surface area (Å²) in [5, 5.41) is 6.87. The Morgan fingerprint density at radius 1 is 0.868 bits per heavy atom. The van der Waals surface area contributed by atoms with Gasteiger partial charge in [0.25, 0.3) is 5.82 Å². The van der Waals surface area contributed by atoms with Gasteiger partial charge >= 0.3 is 6.18 Å². The number of benzene rings is 1. The van der Waals surface area contributed by atoms with Crippen molar-refractivity contribution in [3.05, 3.63) is 77.9 Å². The van der Waals surface area contributed by atoms with E-state index in [1.807, 2.05) is 12.1 Å². The average Bonchev–Trinajstić information content (AvgIpc) is 3.56. The molecule has 1 N–H and O–H groups in total. The number of hydrogen-bond donors (Lipinski definition) is 1. The van der Waals surface area contributed by atoms with E-state index in [0.717, 1.165) is 35.9 Å². The highest BCUT2D eigenvalue weighted by molar-refractivity contribution is 5.61. The number of anilines is 2. The number of aromatic nitrogens is 5. The van der Waals surface area contributed by atoms with E-state index >= 15 is 0 Å². The Labute approximate surface area is 218 Å². The van der Waals surface area contributed by atoms with Crippen LogP contribution in [0.3, 0.4) is 0 Å². The summed E-state index contributed by atoms with van der Waals surface area (Å²) in [7, 11) is 0. The van der Waals surface area contributed by atoms with Gasteiger partial charge in [-0.2, -0.15) is 22.8 Å². The smallest absolute Gasteiger partial charge is 0.324 e. The lowest BCUT2D eigenvalue weighted by Crippen LogP contribution is -2.32. The second-order valence-electron chi connectivity index (χ2n) is 9.87. The van der Waals surface area contributed by atoms with Gasteiger partial charge in [-0.25, -0.2) is 4.98 Å². The number of nitrogens with zero attached hydrogens (tertiary/aromatic N) is 6. The summed E-state index contributed by atoms with van der Waals surface area (Å²) in [5.74, 6) is -1.03. The summed E-state index contributed by atoms with van der Waals surface area (Å²) in [4.78, 5) is 15.0. The Kier molecular flexibility index (Phi) is 6.57. The summed E-state index contributed by atoms with van der Waals surface area (Å²) in [5.41, 5.74) is 4.61. The first-order chi connectivity index (χ1) is 18.4. The van der Waals surface area contributed by atoms with E-state index in [9.17, 15) is 13.2 Å². The monoisotopic (exact) mass is 519 g/mol. The van der Waals surface area contributed by atoms with E-state index in [1.54, 1.807) is 42.7 Å². The predicted molar refractivity (Wildman–Crippen MR) is 138 cm³/mol. The van der Waals surface area contributed by atoms with Crippen molar-refractivity contribution in [2.24, 2.45) is 0 Å². The molecule has 4 heterocycles. The average molecular weight is 520 g/mol. The molecule has 2 aliphatic rings. The normalized spacial score (nSPS) is 18.2. The number of hydrogen-bond acceptors (Lipinski definition) is 6. The van der Waals surface area contributed by atoms with E-state index in [-0.39, 0.29) is 11.8 Å². The fourth-order valence-electron chi connectivity index (χ4n) is 5.47. The first-order valence-electron chi connectivity index (χ1n) is 13.0. The summed E-state index contributed by atoms with van der Waals surface area (Å²) in [6.45, 7) is 2.36. The van der Waals surface area contributed by atoms with Gasteiger partial charge in [-0.15, -0.1) is 5.10 Å². The number of likely N-dealkylation sites (tertiary alicyclic amines) is 1. The molecule has 196 valence electrons. The van der Waals surface area contributed by atoms with Crippen LogP contribution in [0.5, 0.6) is 0 Å². The number of fused-ring (bicyclic) bond motifs is 1. The molecule has 1 aromatic carbocycles. The van der Waals surface area contributed by atoms with Crippen LogP contribution in [0.4, 0.5) is 24.8 Å². The third-order valence-electron chi connectivity index (χ3n) is 7.40. The molecule has 1 fully saturated rings. The molecule has 1 saturated heterocycles. The molecule has 0 amide bonds. The fraction of sp³-hybridized carbons (Fsp3) is 0.357. The topological polar surface area (TPSA) is 71.8 Å². The van der Waals surface area contributed by atoms with E-state index in [2.05, 4.69) is 36.3 Å². The molecule has 0 saturated carbocycles. The summed E-state index contributed by atoms with van der Waals surface area (Å²) < 4.78 is 42.0. The fourth-order valence-corrected chi connectivity index (χ4v) is 5.47. The summed E-state index contributed by atoms with van der Waals surface area (Å²) in [6.07, 6.45) is 5.33. The van der Waals surface area contributed by atoms with E-state index in [4.69, 9.17) is 0 Å². The highest BCUT2D eigenvalue weighted by Crippen LogP contribution is 2.32. The van der Waals surface area contributed by atoms with Crippen molar-refractivity contribution in [1.29, 1.82) is 0 Å². The molecule has 1 atom stereocenters. The van der Waals surface area contributed by atoms with Crippen LogP contribution in [0.25, 0.3) is 17.1 Å². The highest BCUT2D eigenvalue weighted by atomic mass is 19.4. The van der Waals surface area contributed by atoms with Crippen molar-refractivity contribution in [3.63, 3.8) is 0 Å². The van der Waals surface area contributed by atoms with Crippen LogP contribution in [0.1, 0.15) is 42.6 Å². The molecule has 3 aromatic heterocycles. The quantitative estimate of drug-likeness (QED) is 0.335. The molecule has 7 nitrogen and oxygen atoms in total. The summed E-state index contributed by atoms with van der Waals surface area (Å²) in [6, 6.07) is 15.3. The van der Waals surface area contributed by atoms with Crippen molar-refractivity contribution in [3.8, 4) is 17.1 Å². The zero-order chi connectivity index (χ0) is 26.1. The molecule has 38 heavy (non-hydrogen) atoms. The maximum Gasteiger partial charge on any atom is 0.453 e. The van der Waals surface area contributed by atoms with Gasteiger partial charge in [0.05, 0.1) is 5.69 Å². The number of aryl methyl sites for hydroxylation is 2. The van der Waals surface area contributed by atoms with Gasteiger partial charge in [0.2, 0.25) is 5.95 Å². The maximum absolute atomic E-state index is 13.6. The first kappa shape index (κ1) is 24.5. The third kappa shape index (κ3) is 5.13. The number of nitrogens with one attached hydrogen (secondary N) is 1. The van der Waals surface area contributed by atoms with Crippen molar-refractivity contribution in [2.45, 2.75) is 50.7 Å². The standard InChI is InChI=1S/C28H28F3N7/c29-28(30,31)26-35-27(38(36-26)25-5-3-4-24(34-25)20-12-14-32-15-13-20)33-22-9-6-19-7-10-23(11-8-21(19)18-22)37-16-1-2-17-37/h3-6,9,12-15,18,23H,1-2,7-8,10-11,16-17H2,(H,33,35,36). The van der Waals surface area contributed by atoms with Crippen LogP contribution < -0.4 is 5.32 Å². The largest absolute Gasteiger partial charge is 0.453 e. The molecule has 1 aliphatic heterocycles. The lowest BCUT2D eigenvalue weighted by atomic mass is 10.0. The van der Waals surface area contributed by atoms with Gasteiger partial charge in [-0.3, -0.25) is 4.98 Å². The molecular weight excluding hydrogens is 491 g/mol.